The lowest BCUT2D eigenvalue weighted by Gasteiger charge is -2.26. The van der Waals surface area contributed by atoms with Gasteiger partial charge in [-0.05, 0) is 6.92 Å². The van der Waals surface area contributed by atoms with Crippen LogP contribution in [0.25, 0.3) is 10.6 Å². The average molecular weight is 331 g/mol. The Balaban J connectivity index is 1.52. The summed E-state index contributed by atoms with van der Waals surface area (Å²) in [7, 11) is 0. The van der Waals surface area contributed by atoms with E-state index in [0.717, 1.165) is 43.4 Å². The van der Waals surface area contributed by atoms with E-state index in [9.17, 15) is 4.79 Å². The Labute approximate surface area is 140 Å². The van der Waals surface area contributed by atoms with Crippen LogP contribution >= 0.6 is 11.3 Å². The van der Waals surface area contributed by atoms with E-state index in [4.69, 9.17) is 4.74 Å². The highest BCUT2D eigenvalue weighted by molar-refractivity contribution is 7.13. The van der Waals surface area contributed by atoms with Crippen molar-refractivity contribution in [3.8, 4) is 10.6 Å². The molecule has 0 atom stereocenters. The van der Waals surface area contributed by atoms with Crippen LogP contribution in [0.3, 0.4) is 0 Å². The van der Waals surface area contributed by atoms with Crippen molar-refractivity contribution in [1.82, 2.24) is 15.2 Å². The van der Waals surface area contributed by atoms with Crippen LogP contribution in [0.5, 0.6) is 0 Å². The number of ether oxygens (including phenoxy) is 1. The number of aromatic nitrogens is 1. The van der Waals surface area contributed by atoms with Gasteiger partial charge in [-0.3, -0.25) is 9.69 Å². The monoisotopic (exact) mass is 331 g/mol. The largest absolute Gasteiger partial charge is 0.379 e. The van der Waals surface area contributed by atoms with Gasteiger partial charge in [0.1, 0.15) is 10.7 Å². The van der Waals surface area contributed by atoms with E-state index in [2.05, 4.69) is 34.3 Å². The van der Waals surface area contributed by atoms with E-state index in [-0.39, 0.29) is 5.91 Å². The van der Waals surface area contributed by atoms with E-state index >= 15 is 0 Å². The molecule has 0 spiro atoms. The number of carbonyl (C=O) groups is 1. The van der Waals surface area contributed by atoms with Crippen molar-refractivity contribution in [3.63, 3.8) is 0 Å². The molecule has 1 aliphatic heterocycles. The van der Waals surface area contributed by atoms with Crippen LogP contribution in [0.2, 0.25) is 0 Å². The first-order chi connectivity index (χ1) is 11.2. The zero-order valence-corrected chi connectivity index (χ0v) is 14.1. The Kier molecular flexibility index (Phi) is 5.38. The van der Waals surface area contributed by atoms with Crippen LogP contribution in [0.1, 0.15) is 16.1 Å². The lowest BCUT2D eigenvalue weighted by Crippen LogP contribution is -2.41. The summed E-state index contributed by atoms with van der Waals surface area (Å²) < 4.78 is 5.31. The van der Waals surface area contributed by atoms with Gasteiger partial charge in [-0.25, -0.2) is 4.98 Å². The summed E-state index contributed by atoms with van der Waals surface area (Å²) in [5, 5.41) is 5.64. The number of nitrogens with one attached hydrogen (secondary N) is 1. The average Bonchev–Trinajstić information content (AvgIpc) is 3.06. The minimum atomic E-state index is -0.104. The fraction of sp³-hybridized carbons (Fsp3) is 0.412. The van der Waals surface area contributed by atoms with Crippen LogP contribution in [-0.2, 0) is 4.74 Å². The number of hydrogen-bond acceptors (Lipinski definition) is 5. The van der Waals surface area contributed by atoms with E-state index in [1.165, 1.54) is 16.9 Å². The minimum absolute atomic E-state index is 0.104. The highest BCUT2D eigenvalue weighted by Crippen LogP contribution is 2.23. The predicted molar refractivity (Wildman–Crippen MR) is 91.9 cm³/mol. The van der Waals surface area contributed by atoms with E-state index in [1.54, 1.807) is 0 Å². The molecule has 0 unspecified atom stereocenters. The molecular formula is C17H21N3O2S. The Hall–Kier alpha value is -1.76. The number of carbonyl (C=O) groups excluding carboxylic acids is 1. The number of hydrogen-bond donors (Lipinski definition) is 1. The van der Waals surface area contributed by atoms with Gasteiger partial charge in [0.25, 0.3) is 5.91 Å². The molecule has 1 N–H and O–H groups in total. The fourth-order valence-electron chi connectivity index (χ4n) is 2.45. The lowest BCUT2D eigenvalue weighted by molar-refractivity contribution is 0.0383. The quantitative estimate of drug-likeness (QED) is 0.912. The number of benzene rings is 1. The Bertz CT molecular complexity index is 648. The van der Waals surface area contributed by atoms with Gasteiger partial charge in [0.2, 0.25) is 0 Å². The number of aryl methyl sites for hydroxylation is 1. The van der Waals surface area contributed by atoms with Crippen LogP contribution < -0.4 is 5.32 Å². The van der Waals surface area contributed by atoms with Gasteiger partial charge < -0.3 is 10.1 Å². The summed E-state index contributed by atoms with van der Waals surface area (Å²) in [4.78, 5) is 18.9. The maximum absolute atomic E-state index is 12.2. The Morgan fingerprint density at radius 3 is 2.78 bits per heavy atom. The molecule has 1 amide bonds. The highest BCUT2D eigenvalue weighted by Gasteiger charge is 2.13. The zero-order chi connectivity index (χ0) is 16.1. The summed E-state index contributed by atoms with van der Waals surface area (Å²) in [6, 6.07) is 8.18. The van der Waals surface area contributed by atoms with Crippen molar-refractivity contribution in [3.05, 3.63) is 40.9 Å². The van der Waals surface area contributed by atoms with Crippen molar-refractivity contribution in [1.29, 1.82) is 0 Å². The molecule has 6 heteroatoms. The van der Waals surface area contributed by atoms with Crippen LogP contribution in [-0.4, -0.2) is 55.2 Å². The molecule has 1 aliphatic rings. The Morgan fingerprint density at radius 1 is 1.30 bits per heavy atom. The molecule has 2 aromatic rings. The number of morpholine rings is 1. The number of thiazole rings is 1. The van der Waals surface area contributed by atoms with Crippen LogP contribution in [0.4, 0.5) is 0 Å². The van der Waals surface area contributed by atoms with Crippen molar-refractivity contribution >= 4 is 17.2 Å². The van der Waals surface area contributed by atoms with Crippen molar-refractivity contribution in [2.45, 2.75) is 6.92 Å². The third-order valence-electron chi connectivity index (χ3n) is 3.85. The minimum Gasteiger partial charge on any atom is -0.379 e. The molecule has 2 heterocycles. The maximum Gasteiger partial charge on any atom is 0.270 e. The number of rotatable bonds is 5. The second-order valence-electron chi connectivity index (χ2n) is 5.61. The molecule has 0 bridgehead atoms. The molecule has 5 nitrogen and oxygen atoms in total. The van der Waals surface area contributed by atoms with Gasteiger partial charge in [0.15, 0.2) is 0 Å². The highest BCUT2D eigenvalue weighted by atomic mass is 32.1. The van der Waals surface area contributed by atoms with E-state index in [0.29, 0.717) is 12.2 Å². The van der Waals surface area contributed by atoms with Crippen molar-refractivity contribution in [2.75, 3.05) is 39.4 Å². The summed E-state index contributed by atoms with van der Waals surface area (Å²) in [5.74, 6) is -0.104. The standard InChI is InChI=1S/C17H21N3O2S/c1-13-2-4-14(5-3-13)17-19-15(12-23-17)16(21)18-6-7-20-8-10-22-11-9-20/h2-5,12H,6-11H2,1H3,(H,18,21). The summed E-state index contributed by atoms with van der Waals surface area (Å²) in [6.07, 6.45) is 0. The molecule has 3 rings (SSSR count). The van der Waals surface area contributed by atoms with Crippen LogP contribution in [0, 0.1) is 6.92 Å². The first-order valence-electron chi connectivity index (χ1n) is 7.83. The third-order valence-corrected chi connectivity index (χ3v) is 4.74. The molecule has 0 aliphatic carbocycles. The van der Waals surface area contributed by atoms with Crippen molar-refractivity contribution in [2.24, 2.45) is 0 Å². The van der Waals surface area contributed by atoms with Gasteiger partial charge in [0.05, 0.1) is 13.2 Å². The van der Waals surface area contributed by atoms with Gasteiger partial charge >= 0.3 is 0 Å². The van der Waals surface area contributed by atoms with Gasteiger partial charge in [0, 0.05) is 37.1 Å². The number of nitrogens with zero attached hydrogens (tertiary/aromatic N) is 2. The second kappa shape index (κ2) is 7.68. The first kappa shape index (κ1) is 16.1. The lowest BCUT2D eigenvalue weighted by atomic mass is 10.2. The van der Waals surface area contributed by atoms with E-state index < -0.39 is 0 Å². The third kappa shape index (κ3) is 4.37. The van der Waals surface area contributed by atoms with Crippen molar-refractivity contribution < 1.29 is 9.53 Å². The summed E-state index contributed by atoms with van der Waals surface area (Å²) in [5.41, 5.74) is 2.76. The summed E-state index contributed by atoms with van der Waals surface area (Å²) in [6.45, 7) is 6.97. The molecule has 0 saturated carbocycles. The summed E-state index contributed by atoms with van der Waals surface area (Å²) >= 11 is 1.50. The second-order valence-corrected chi connectivity index (χ2v) is 6.47. The maximum atomic E-state index is 12.2. The molecule has 0 radical (unpaired) electrons. The van der Waals surface area contributed by atoms with Gasteiger partial charge in [-0.1, -0.05) is 29.8 Å². The zero-order valence-electron chi connectivity index (χ0n) is 13.2. The SMILES string of the molecule is Cc1ccc(-c2nc(C(=O)NCCN3CCOCC3)cs2)cc1. The van der Waals surface area contributed by atoms with Gasteiger partial charge in [-0.15, -0.1) is 11.3 Å². The van der Waals surface area contributed by atoms with Gasteiger partial charge in [-0.2, -0.15) is 0 Å². The molecule has 122 valence electrons. The molecular weight excluding hydrogens is 310 g/mol. The smallest absolute Gasteiger partial charge is 0.270 e. The molecule has 23 heavy (non-hydrogen) atoms. The molecule has 1 fully saturated rings. The normalized spacial score (nSPS) is 15.5. The topological polar surface area (TPSA) is 54.5 Å². The van der Waals surface area contributed by atoms with Crippen LogP contribution in [0.15, 0.2) is 29.6 Å². The Morgan fingerprint density at radius 2 is 2.04 bits per heavy atom. The fourth-order valence-corrected chi connectivity index (χ4v) is 3.26. The molecule has 1 aromatic heterocycles. The first-order valence-corrected chi connectivity index (χ1v) is 8.71. The predicted octanol–water partition coefficient (Wildman–Crippen LogP) is 2.18. The number of amides is 1. The van der Waals surface area contributed by atoms with E-state index in [1.807, 2.05) is 17.5 Å². The molecule has 1 aromatic carbocycles. The molecule has 1 saturated heterocycles.